The lowest BCUT2D eigenvalue weighted by atomic mass is 10.0. The van der Waals surface area contributed by atoms with Gasteiger partial charge in [-0.25, -0.2) is 0 Å². The minimum Gasteiger partial charge on any atom is -0.491 e. The zero-order valence-corrected chi connectivity index (χ0v) is 20.3. The molecule has 0 radical (unpaired) electrons. The highest BCUT2D eigenvalue weighted by atomic mass is 16.5. The molecule has 0 spiro atoms. The molecule has 0 fully saturated rings. The molecule has 2 aromatic rings. The van der Waals surface area contributed by atoms with E-state index in [9.17, 15) is 9.59 Å². The van der Waals surface area contributed by atoms with Crippen LogP contribution < -0.4 is 4.74 Å². The van der Waals surface area contributed by atoms with E-state index in [2.05, 4.69) is 13.8 Å². The van der Waals surface area contributed by atoms with Gasteiger partial charge in [0, 0.05) is 19.6 Å². The van der Waals surface area contributed by atoms with E-state index in [-0.39, 0.29) is 23.8 Å². The third kappa shape index (κ3) is 6.83. The summed E-state index contributed by atoms with van der Waals surface area (Å²) in [7, 11) is 0. The third-order valence-corrected chi connectivity index (χ3v) is 6.46. The number of hydrogen-bond donors (Lipinski definition) is 0. The quantitative estimate of drug-likeness (QED) is 0.643. The number of nitrogens with zero attached hydrogens (tertiary/aromatic N) is 2. The molecule has 5 nitrogen and oxygen atoms in total. The van der Waals surface area contributed by atoms with Gasteiger partial charge in [-0.05, 0) is 43.4 Å². The Kier molecular flexibility index (Phi) is 9.35. The van der Waals surface area contributed by atoms with Gasteiger partial charge in [0.2, 0.25) is 5.91 Å². The molecule has 2 aromatic carbocycles. The molecule has 0 aliphatic carbocycles. The predicted molar refractivity (Wildman–Crippen MR) is 132 cm³/mol. The van der Waals surface area contributed by atoms with Crippen LogP contribution in [0.1, 0.15) is 62.4 Å². The highest BCUT2D eigenvalue weighted by Gasteiger charge is 2.28. The first-order valence-corrected chi connectivity index (χ1v) is 12.4. The van der Waals surface area contributed by atoms with Gasteiger partial charge in [0.25, 0.3) is 5.91 Å². The zero-order chi connectivity index (χ0) is 23.6. The molecule has 0 unspecified atom stereocenters. The van der Waals surface area contributed by atoms with Gasteiger partial charge in [-0.3, -0.25) is 9.59 Å². The fraction of sp³-hybridized carbons (Fsp3) is 0.500. The molecular weight excluding hydrogens is 412 g/mol. The van der Waals surface area contributed by atoms with Crippen LogP contribution in [0, 0.1) is 5.92 Å². The maximum absolute atomic E-state index is 13.4. The van der Waals surface area contributed by atoms with Crippen molar-refractivity contribution >= 4 is 11.8 Å². The van der Waals surface area contributed by atoms with Crippen molar-refractivity contribution in [2.24, 2.45) is 5.92 Å². The summed E-state index contributed by atoms with van der Waals surface area (Å²) in [6.45, 7) is 8.82. The summed E-state index contributed by atoms with van der Waals surface area (Å²) in [5.74, 6) is 0.979. The molecule has 0 aromatic heterocycles. The molecule has 178 valence electrons. The molecule has 1 atom stereocenters. The van der Waals surface area contributed by atoms with E-state index in [1.807, 2.05) is 71.3 Å². The number of para-hydroxylation sites is 1. The van der Waals surface area contributed by atoms with Crippen LogP contribution >= 0.6 is 0 Å². The smallest absolute Gasteiger partial charge is 0.257 e. The molecule has 3 rings (SSSR count). The number of hydrogen-bond acceptors (Lipinski definition) is 3. The van der Waals surface area contributed by atoms with Crippen molar-refractivity contribution in [1.82, 2.24) is 9.80 Å². The van der Waals surface area contributed by atoms with Crippen LogP contribution in [0.3, 0.4) is 0 Å². The van der Waals surface area contributed by atoms with Gasteiger partial charge in [-0.15, -0.1) is 0 Å². The van der Waals surface area contributed by atoms with Gasteiger partial charge in [0.1, 0.15) is 12.4 Å². The second kappa shape index (κ2) is 12.4. The molecular formula is C28H38N2O3. The van der Waals surface area contributed by atoms with Crippen LogP contribution in [-0.2, 0) is 11.2 Å². The molecule has 5 heteroatoms. The van der Waals surface area contributed by atoms with Crippen LogP contribution in [0.5, 0.6) is 5.75 Å². The van der Waals surface area contributed by atoms with Gasteiger partial charge in [-0.2, -0.15) is 0 Å². The molecule has 0 bridgehead atoms. The lowest BCUT2D eigenvalue weighted by molar-refractivity contribution is -0.134. The summed E-state index contributed by atoms with van der Waals surface area (Å²) in [5, 5.41) is 0. The van der Waals surface area contributed by atoms with Crippen LogP contribution in [0.4, 0.5) is 0 Å². The number of benzene rings is 2. The Morgan fingerprint density at radius 3 is 2.33 bits per heavy atom. The number of carbonyl (C=O) groups excluding carboxylic acids is 2. The number of amides is 2. The Bertz CT molecular complexity index is 897. The first-order valence-electron chi connectivity index (χ1n) is 12.4. The summed E-state index contributed by atoms with van der Waals surface area (Å²) in [5.41, 5.74) is 1.63. The minimum atomic E-state index is -0.0606. The van der Waals surface area contributed by atoms with Gasteiger partial charge in [0.15, 0.2) is 0 Å². The molecule has 1 heterocycles. The summed E-state index contributed by atoms with van der Waals surface area (Å²) in [6.07, 6.45) is 4.41. The SMILES string of the molecule is CCN1CCCCCCN(C(=O)Cc2ccccc2)[C@@H](C(C)C)COc2ccccc2C1=O. The largest absolute Gasteiger partial charge is 0.491 e. The standard InChI is InChI=1S/C28H38N2O3/c1-4-29-18-12-5-6-13-19-30(27(31)20-23-14-8-7-9-15-23)25(22(2)3)21-33-26-17-11-10-16-24(26)28(29)32/h7-11,14-17,22,25H,4-6,12-13,18-21H2,1-3H3/t25-/m1/s1. The maximum Gasteiger partial charge on any atom is 0.257 e. The van der Waals surface area contributed by atoms with Crippen molar-refractivity contribution in [3.63, 3.8) is 0 Å². The molecule has 33 heavy (non-hydrogen) atoms. The van der Waals surface area contributed by atoms with Crippen LogP contribution in [0.15, 0.2) is 54.6 Å². The van der Waals surface area contributed by atoms with Gasteiger partial charge >= 0.3 is 0 Å². The van der Waals surface area contributed by atoms with E-state index in [1.54, 1.807) is 0 Å². The number of fused-ring (bicyclic) bond motifs is 1. The van der Waals surface area contributed by atoms with Crippen LogP contribution in [-0.4, -0.2) is 53.9 Å². The topological polar surface area (TPSA) is 49.9 Å². The van der Waals surface area contributed by atoms with Crippen molar-refractivity contribution in [3.05, 3.63) is 65.7 Å². The second-order valence-electron chi connectivity index (χ2n) is 9.17. The highest BCUT2D eigenvalue weighted by Crippen LogP contribution is 2.23. The van der Waals surface area contributed by atoms with E-state index in [0.717, 1.165) is 44.3 Å². The van der Waals surface area contributed by atoms with Crippen molar-refractivity contribution in [2.75, 3.05) is 26.2 Å². The van der Waals surface area contributed by atoms with E-state index in [0.29, 0.717) is 30.9 Å². The van der Waals surface area contributed by atoms with E-state index in [1.165, 1.54) is 0 Å². The lowest BCUT2D eigenvalue weighted by Gasteiger charge is -2.35. The molecule has 2 amide bonds. The molecule has 0 saturated heterocycles. The van der Waals surface area contributed by atoms with Crippen LogP contribution in [0.25, 0.3) is 0 Å². The number of rotatable bonds is 4. The minimum absolute atomic E-state index is 0.0169. The Morgan fingerprint density at radius 1 is 0.970 bits per heavy atom. The third-order valence-electron chi connectivity index (χ3n) is 6.46. The van der Waals surface area contributed by atoms with Crippen molar-refractivity contribution in [1.29, 1.82) is 0 Å². The zero-order valence-electron chi connectivity index (χ0n) is 20.3. The summed E-state index contributed by atoms with van der Waals surface area (Å²) < 4.78 is 6.26. The van der Waals surface area contributed by atoms with Crippen molar-refractivity contribution < 1.29 is 14.3 Å². The first-order chi connectivity index (χ1) is 16.0. The van der Waals surface area contributed by atoms with Gasteiger partial charge < -0.3 is 14.5 Å². The van der Waals surface area contributed by atoms with Crippen LogP contribution in [0.2, 0.25) is 0 Å². The van der Waals surface area contributed by atoms with Gasteiger partial charge in [0.05, 0.1) is 18.0 Å². The monoisotopic (exact) mass is 450 g/mol. The maximum atomic E-state index is 13.4. The van der Waals surface area contributed by atoms with E-state index in [4.69, 9.17) is 4.74 Å². The Hall–Kier alpha value is -2.82. The second-order valence-corrected chi connectivity index (χ2v) is 9.17. The lowest BCUT2D eigenvalue weighted by Crippen LogP contribution is -2.48. The normalized spacial score (nSPS) is 18.4. The highest BCUT2D eigenvalue weighted by molar-refractivity contribution is 5.96. The van der Waals surface area contributed by atoms with Crippen molar-refractivity contribution in [2.45, 2.75) is 58.9 Å². The average molecular weight is 451 g/mol. The van der Waals surface area contributed by atoms with E-state index < -0.39 is 0 Å². The molecule has 1 aliphatic heterocycles. The fourth-order valence-electron chi connectivity index (χ4n) is 4.45. The molecule has 0 N–H and O–H groups in total. The Balaban J connectivity index is 1.86. The molecule has 1 aliphatic rings. The average Bonchev–Trinajstić information content (AvgIpc) is 2.82. The predicted octanol–water partition coefficient (Wildman–Crippen LogP) is 5.20. The van der Waals surface area contributed by atoms with Crippen molar-refractivity contribution in [3.8, 4) is 5.75 Å². The first kappa shape index (κ1) is 24.8. The summed E-state index contributed by atoms with van der Waals surface area (Å²) in [4.78, 5) is 30.5. The summed E-state index contributed by atoms with van der Waals surface area (Å²) >= 11 is 0. The fourth-order valence-corrected chi connectivity index (χ4v) is 4.45. The van der Waals surface area contributed by atoms with E-state index >= 15 is 0 Å². The Morgan fingerprint density at radius 2 is 1.64 bits per heavy atom. The summed E-state index contributed by atoms with van der Waals surface area (Å²) in [6, 6.07) is 17.3. The number of carbonyl (C=O) groups is 2. The Labute approximate surface area is 198 Å². The number of ether oxygens (including phenoxy) is 1. The van der Waals surface area contributed by atoms with Gasteiger partial charge in [-0.1, -0.05) is 69.2 Å². The molecule has 0 saturated carbocycles.